The van der Waals surface area contributed by atoms with Gasteiger partial charge < -0.3 is 20.3 Å². The highest BCUT2D eigenvalue weighted by Crippen LogP contribution is 2.30. The Morgan fingerprint density at radius 3 is 2.60 bits per heavy atom. The molecule has 1 aromatic heterocycles. The van der Waals surface area contributed by atoms with E-state index >= 15 is 0 Å². The van der Waals surface area contributed by atoms with Crippen molar-refractivity contribution in [1.29, 1.82) is 10.5 Å². The van der Waals surface area contributed by atoms with Gasteiger partial charge in [-0.1, -0.05) is 6.07 Å². The maximum atomic E-state index is 9.49. The van der Waals surface area contributed by atoms with Crippen molar-refractivity contribution < 1.29 is 14.6 Å². The summed E-state index contributed by atoms with van der Waals surface area (Å²) in [5, 5.41) is 32.0. The predicted molar refractivity (Wildman–Crippen MR) is 91.5 cm³/mol. The van der Waals surface area contributed by atoms with Gasteiger partial charge in [0, 0.05) is 0 Å². The van der Waals surface area contributed by atoms with Gasteiger partial charge in [-0.15, -0.1) is 0 Å². The third-order valence-electron chi connectivity index (χ3n) is 3.51. The van der Waals surface area contributed by atoms with Crippen molar-refractivity contribution >= 4 is 17.5 Å². The number of nitrogens with two attached hydrogens (primary N) is 1. The Labute approximate surface area is 144 Å². The highest BCUT2D eigenvalue weighted by molar-refractivity contribution is 5.91. The lowest BCUT2D eigenvalue weighted by Gasteiger charge is -2.07. The fourth-order valence-electron chi connectivity index (χ4n) is 2.30. The van der Waals surface area contributed by atoms with E-state index in [1.165, 1.54) is 18.9 Å². The molecule has 0 fully saturated rings. The van der Waals surface area contributed by atoms with Crippen LogP contribution in [0.2, 0.25) is 0 Å². The molecule has 1 aromatic carbocycles. The van der Waals surface area contributed by atoms with Crippen LogP contribution in [-0.4, -0.2) is 35.7 Å². The zero-order valence-corrected chi connectivity index (χ0v) is 13.9. The van der Waals surface area contributed by atoms with E-state index in [0.717, 1.165) is 0 Å². The number of anilines is 1. The van der Waals surface area contributed by atoms with Gasteiger partial charge in [0.15, 0.2) is 11.5 Å². The number of rotatable bonds is 6. The molecule has 0 aliphatic carbocycles. The minimum atomic E-state index is -0.183. The van der Waals surface area contributed by atoms with Gasteiger partial charge in [-0.25, -0.2) is 4.68 Å². The molecule has 0 atom stereocenters. The molecule has 2 aromatic rings. The van der Waals surface area contributed by atoms with Gasteiger partial charge in [0.05, 0.1) is 32.9 Å². The number of nitrogens with zero attached hydrogens (tertiary/aromatic N) is 4. The van der Waals surface area contributed by atoms with Gasteiger partial charge in [0.2, 0.25) is 0 Å². The van der Waals surface area contributed by atoms with E-state index in [4.69, 9.17) is 20.3 Å². The fraction of sp³-hybridized carbons (Fsp3) is 0.235. The number of aliphatic hydroxyl groups is 1. The molecule has 3 N–H and O–H groups in total. The van der Waals surface area contributed by atoms with Crippen LogP contribution in [0.5, 0.6) is 11.5 Å². The highest BCUT2D eigenvalue weighted by atomic mass is 16.5. The van der Waals surface area contributed by atoms with E-state index in [1.807, 2.05) is 12.1 Å². The zero-order valence-electron chi connectivity index (χ0n) is 13.9. The molecule has 25 heavy (non-hydrogen) atoms. The van der Waals surface area contributed by atoms with Crippen LogP contribution in [0.1, 0.15) is 16.8 Å². The van der Waals surface area contributed by atoms with Gasteiger partial charge in [-0.3, -0.25) is 0 Å². The van der Waals surface area contributed by atoms with Crippen LogP contribution in [0.4, 0.5) is 5.82 Å². The average Bonchev–Trinajstić information content (AvgIpc) is 2.95. The summed E-state index contributed by atoms with van der Waals surface area (Å²) in [6.45, 7) is -0.0486. The maximum absolute atomic E-state index is 9.49. The third-order valence-corrected chi connectivity index (χ3v) is 3.51. The summed E-state index contributed by atoms with van der Waals surface area (Å²) in [6, 6.07) is 9.16. The van der Waals surface area contributed by atoms with Gasteiger partial charge in [0.25, 0.3) is 0 Å². The van der Waals surface area contributed by atoms with Crippen molar-refractivity contribution in [3.05, 3.63) is 35.0 Å². The summed E-state index contributed by atoms with van der Waals surface area (Å²) >= 11 is 0. The fourth-order valence-corrected chi connectivity index (χ4v) is 2.30. The number of hydrogen-bond donors (Lipinski definition) is 2. The summed E-state index contributed by atoms with van der Waals surface area (Å²) in [4.78, 5) is 0. The first-order valence-electron chi connectivity index (χ1n) is 7.31. The molecule has 0 aliphatic rings. The van der Waals surface area contributed by atoms with E-state index in [2.05, 4.69) is 5.10 Å². The molecule has 0 saturated heterocycles. The van der Waals surface area contributed by atoms with Crippen LogP contribution in [0.25, 0.3) is 11.6 Å². The topological polar surface area (TPSA) is 130 Å². The number of methoxy groups -OCH3 is 2. The molecule has 8 heteroatoms. The average molecular weight is 339 g/mol. The van der Waals surface area contributed by atoms with Crippen molar-refractivity contribution in [2.75, 3.05) is 26.6 Å². The maximum Gasteiger partial charge on any atom is 0.161 e. The lowest BCUT2D eigenvalue weighted by Crippen LogP contribution is -2.07. The number of hydrogen-bond acceptors (Lipinski definition) is 7. The highest BCUT2D eigenvalue weighted by Gasteiger charge is 2.19. The Kier molecular flexibility index (Phi) is 5.62. The SMILES string of the molecule is COc1ccc(/C=C(/C#N)c2nn(CCO)c(N)c2C#N)cc1OC. The van der Waals surface area contributed by atoms with Gasteiger partial charge in [0.1, 0.15) is 29.2 Å². The summed E-state index contributed by atoms with van der Waals surface area (Å²) in [5.74, 6) is 1.19. The number of aromatic nitrogens is 2. The van der Waals surface area contributed by atoms with Crippen molar-refractivity contribution in [3.63, 3.8) is 0 Å². The Bertz CT molecular complexity index is 887. The second-order valence-corrected chi connectivity index (χ2v) is 4.95. The van der Waals surface area contributed by atoms with Gasteiger partial charge >= 0.3 is 0 Å². The minimum Gasteiger partial charge on any atom is -0.493 e. The summed E-state index contributed by atoms with van der Waals surface area (Å²) in [7, 11) is 3.05. The molecule has 0 saturated carbocycles. The largest absolute Gasteiger partial charge is 0.493 e. The Balaban J connectivity index is 2.54. The van der Waals surface area contributed by atoms with Crippen LogP contribution in [0.3, 0.4) is 0 Å². The van der Waals surface area contributed by atoms with Crippen molar-refractivity contribution in [3.8, 4) is 23.6 Å². The monoisotopic (exact) mass is 339 g/mol. The smallest absolute Gasteiger partial charge is 0.161 e. The number of nitriles is 2. The van der Waals surface area contributed by atoms with Crippen molar-refractivity contribution in [1.82, 2.24) is 9.78 Å². The van der Waals surface area contributed by atoms with E-state index in [1.54, 1.807) is 24.3 Å². The van der Waals surface area contributed by atoms with Gasteiger partial charge in [-0.05, 0) is 23.8 Å². The Morgan fingerprint density at radius 2 is 2.04 bits per heavy atom. The van der Waals surface area contributed by atoms with E-state index in [-0.39, 0.29) is 35.8 Å². The molecule has 8 nitrogen and oxygen atoms in total. The van der Waals surface area contributed by atoms with E-state index in [9.17, 15) is 10.5 Å². The molecule has 0 unspecified atom stereocenters. The third kappa shape index (κ3) is 3.55. The Hall–Kier alpha value is -3.49. The number of ether oxygens (including phenoxy) is 2. The number of benzene rings is 1. The number of aliphatic hydroxyl groups excluding tert-OH is 1. The first-order chi connectivity index (χ1) is 12.1. The lowest BCUT2D eigenvalue weighted by atomic mass is 10.1. The quantitative estimate of drug-likeness (QED) is 0.761. The lowest BCUT2D eigenvalue weighted by molar-refractivity contribution is 0.270. The molecule has 2 rings (SSSR count). The van der Waals surface area contributed by atoms with Crippen molar-refractivity contribution in [2.45, 2.75) is 6.54 Å². The molecule has 1 heterocycles. The summed E-state index contributed by atoms with van der Waals surface area (Å²) in [6.07, 6.45) is 1.58. The van der Waals surface area contributed by atoms with Crippen LogP contribution >= 0.6 is 0 Å². The van der Waals surface area contributed by atoms with Crippen LogP contribution < -0.4 is 15.2 Å². The van der Waals surface area contributed by atoms with Crippen LogP contribution in [0.15, 0.2) is 18.2 Å². The van der Waals surface area contributed by atoms with Crippen LogP contribution in [0, 0.1) is 22.7 Å². The minimum absolute atomic E-state index is 0.0988. The molecular formula is C17H17N5O3. The predicted octanol–water partition coefficient (Wildman–Crippen LogP) is 1.41. The second kappa shape index (κ2) is 7.86. The summed E-state index contributed by atoms with van der Waals surface area (Å²) in [5.41, 5.74) is 6.98. The zero-order chi connectivity index (χ0) is 18.4. The Morgan fingerprint density at radius 1 is 1.32 bits per heavy atom. The summed E-state index contributed by atoms with van der Waals surface area (Å²) < 4.78 is 11.7. The molecule has 0 spiro atoms. The standard InChI is InChI=1S/C17H17N5O3/c1-24-14-4-3-11(8-15(14)25-2)7-12(9-18)16-13(10-19)17(20)22(21-16)5-6-23/h3-4,7-8,23H,5-6,20H2,1-2H3/b12-7-. The van der Waals surface area contributed by atoms with Crippen molar-refractivity contribution in [2.24, 2.45) is 0 Å². The van der Waals surface area contributed by atoms with Gasteiger partial charge in [-0.2, -0.15) is 15.6 Å². The molecular weight excluding hydrogens is 322 g/mol. The molecule has 128 valence electrons. The molecule has 0 amide bonds. The number of nitrogen functional groups attached to an aromatic ring is 1. The normalized spacial score (nSPS) is 10.8. The second-order valence-electron chi connectivity index (χ2n) is 4.95. The van der Waals surface area contributed by atoms with Crippen LogP contribution in [-0.2, 0) is 6.54 Å². The first kappa shape index (κ1) is 17.9. The first-order valence-corrected chi connectivity index (χ1v) is 7.31. The van der Waals surface area contributed by atoms with E-state index < -0.39 is 0 Å². The molecule has 0 bridgehead atoms. The molecule has 0 radical (unpaired) electrons. The number of allylic oxidation sites excluding steroid dienone is 1. The molecule has 0 aliphatic heterocycles. The van der Waals surface area contributed by atoms with E-state index in [0.29, 0.717) is 17.1 Å².